The Bertz CT molecular complexity index is 618. The summed E-state index contributed by atoms with van der Waals surface area (Å²) in [5, 5.41) is 3.80. The summed E-state index contributed by atoms with van der Waals surface area (Å²) in [5.74, 6) is 0.906. The lowest BCUT2D eigenvalue weighted by molar-refractivity contribution is 0.350. The Morgan fingerprint density at radius 1 is 1.33 bits per heavy atom. The molecule has 0 saturated carbocycles. The van der Waals surface area contributed by atoms with E-state index in [4.69, 9.17) is 11.6 Å². The molecule has 5 nitrogen and oxygen atoms in total. The number of benzene rings is 1. The lowest BCUT2D eigenvalue weighted by atomic mass is 10.1. The average Bonchev–Trinajstić information content (AvgIpc) is 2.48. The fraction of sp³-hybridized carbons (Fsp3) is 0.538. The molecule has 0 aliphatic carbocycles. The smallest absolute Gasteiger partial charge is 0.280 e. The lowest BCUT2D eigenvalue weighted by Gasteiger charge is -2.31. The van der Waals surface area contributed by atoms with Gasteiger partial charge in [-0.15, -0.1) is 11.8 Å². The lowest BCUT2D eigenvalue weighted by Crippen LogP contribution is -2.51. The summed E-state index contributed by atoms with van der Waals surface area (Å²) >= 11 is 7.80. The highest BCUT2D eigenvalue weighted by atomic mass is 35.5. The van der Waals surface area contributed by atoms with Crippen LogP contribution in [0.5, 0.6) is 0 Å². The van der Waals surface area contributed by atoms with Crippen molar-refractivity contribution in [1.82, 2.24) is 14.3 Å². The molecule has 0 aromatic heterocycles. The quantitative estimate of drug-likeness (QED) is 0.872. The van der Waals surface area contributed by atoms with Gasteiger partial charge < -0.3 is 5.32 Å². The fourth-order valence-corrected chi connectivity index (χ4v) is 5.33. The van der Waals surface area contributed by atoms with Crippen molar-refractivity contribution in [2.24, 2.45) is 0 Å². The largest absolute Gasteiger partial charge is 0.314 e. The van der Waals surface area contributed by atoms with Crippen LogP contribution in [0.1, 0.15) is 18.0 Å². The number of rotatable bonds is 3. The van der Waals surface area contributed by atoms with Crippen molar-refractivity contribution in [2.45, 2.75) is 17.4 Å². The van der Waals surface area contributed by atoms with Crippen LogP contribution in [0, 0.1) is 0 Å². The van der Waals surface area contributed by atoms with E-state index in [1.54, 1.807) is 11.8 Å². The minimum Gasteiger partial charge on any atom is -0.314 e. The number of nitrogens with one attached hydrogen (secondary N) is 2. The third-order valence-corrected chi connectivity index (χ3v) is 6.70. The van der Waals surface area contributed by atoms with Gasteiger partial charge in [0, 0.05) is 42.1 Å². The molecule has 1 aromatic rings. The van der Waals surface area contributed by atoms with E-state index in [9.17, 15) is 8.42 Å². The Morgan fingerprint density at radius 2 is 2.10 bits per heavy atom. The number of halogens is 1. The minimum absolute atomic E-state index is 0.195. The predicted octanol–water partition coefficient (Wildman–Crippen LogP) is 1.62. The van der Waals surface area contributed by atoms with Gasteiger partial charge in [0.1, 0.15) is 0 Å². The van der Waals surface area contributed by atoms with Crippen LogP contribution in [0.4, 0.5) is 0 Å². The highest BCUT2D eigenvalue weighted by molar-refractivity contribution is 7.99. The van der Waals surface area contributed by atoms with E-state index in [2.05, 4.69) is 10.0 Å². The van der Waals surface area contributed by atoms with Crippen LogP contribution in [0.15, 0.2) is 23.1 Å². The van der Waals surface area contributed by atoms with Crippen molar-refractivity contribution in [2.75, 3.05) is 31.9 Å². The number of fused-ring (bicyclic) bond motifs is 1. The molecule has 2 aliphatic rings. The third kappa shape index (κ3) is 3.55. The monoisotopic (exact) mass is 347 g/mol. The molecule has 0 bridgehead atoms. The van der Waals surface area contributed by atoms with Crippen molar-refractivity contribution in [3.8, 4) is 0 Å². The maximum Gasteiger partial charge on any atom is 0.280 e. The maximum atomic E-state index is 12.5. The molecular weight excluding hydrogens is 330 g/mol. The number of thioether (sulfide) groups is 1. The second-order valence-corrected chi connectivity index (χ2v) is 8.42. The third-order valence-electron chi connectivity index (χ3n) is 3.72. The molecule has 0 amide bonds. The standard InChI is InChI=1S/C13H18ClN3O2S2/c14-10-1-2-13-11(9-10)12(3-8-20-13)16-21(18,19)17-6-4-15-5-7-17/h1-2,9,12,15-16H,3-8H2. The number of piperazine rings is 1. The van der Waals surface area contributed by atoms with Crippen LogP contribution in [0.3, 0.4) is 0 Å². The molecule has 2 aliphatic heterocycles. The van der Waals surface area contributed by atoms with Crippen molar-refractivity contribution < 1.29 is 8.42 Å². The van der Waals surface area contributed by atoms with Crippen molar-refractivity contribution >= 4 is 33.6 Å². The molecule has 3 rings (SSSR count). The Kier molecular flexibility index (Phi) is 4.78. The summed E-state index contributed by atoms with van der Waals surface area (Å²) in [6.07, 6.45) is 0.781. The van der Waals surface area contributed by atoms with Gasteiger partial charge in [0.25, 0.3) is 10.2 Å². The molecule has 8 heteroatoms. The Labute approximate surface area is 134 Å². The van der Waals surface area contributed by atoms with Gasteiger partial charge in [-0.25, -0.2) is 0 Å². The molecule has 1 unspecified atom stereocenters. The Balaban J connectivity index is 1.81. The molecule has 1 atom stereocenters. The molecule has 2 N–H and O–H groups in total. The van der Waals surface area contributed by atoms with Crippen LogP contribution in [0.2, 0.25) is 5.02 Å². The first-order valence-corrected chi connectivity index (χ1v) is 9.77. The van der Waals surface area contributed by atoms with Gasteiger partial charge in [0.15, 0.2) is 0 Å². The van der Waals surface area contributed by atoms with Crippen LogP contribution in [-0.2, 0) is 10.2 Å². The molecule has 2 heterocycles. The van der Waals surface area contributed by atoms with E-state index in [0.29, 0.717) is 31.2 Å². The summed E-state index contributed by atoms with van der Waals surface area (Å²) in [5.41, 5.74) is 0.984. The number of hydrogen-bond acceptors (Lipinski definition) is 4. The molecule has 21 heavy (non-hydrogen) atoms. The van der Waals surface area contributed by atoms with Gasteiger partial charge in [-0.05, 0) is 35.9 Å². The molecule has 1 saturated heterocycles. The molecule has 0 spiro atoms. The van der Waals surface area contributed by atoms with Crippen molar-refractivity contribution in [3.63, 3.8) is 0 Å². The zero-order chi connectivity index (χ0) is 14.9. The summed E-state index contributed by atoms with van der Waals surface area (Å²) in [6, 6.07) is 5.49. The van der Waals surface area contributed by atoms with Crippen molar-refractivity contribution in [3.05, 3.63) is 28.8 Å². The zero-order valence-electron chi connectivity index (χ0n) is 11.5. The molecule has 0 radical (unpaired) electrons. The highest BCUT2D eigenvalue weighted by Gasteiger charge is 2.29. The van der Waals surface area contributed by atoms with Gasteiger partial charge in [-0.2, -0.15) is 17.4 Å². The average molecular weight is 348 g/mol. The second kappa shape index (κ2) is 6.44. The topological polar surface area (TPSA) is 61.4 Å². The van der Waals surface area contributed by atoms with Crippen molar-refractivity contribution in [1.29, 1.82) is 0 Å². The summed E-state index contributed by atoms with van der Waals surface area (Å²) in [6.45, 7) is 2.42. The molecule has 1 fully saturated rings. The summed E-state index contributed by atoms with van der Waals surface area (Å²) in [4.78, 5) is 1.11. The van der Waals surface area contributed by atoms with Crippen LogP contribution < -0.4 is 10.0 Å². The predicted molar refractivity (Wildman–Crippen MR) is 86.0 cm³/mol. The van der Waals surface area contributed by atoms with E-state index in [-0.39, 0.29) is 6.04 Å². The van der Waals surface area contributed by atoms with E-state index in [0.717, 1.165) is 22.6 Å². The minimum atomic E-state index is -3.45. The van der Waals surface area contributed by atoms with Gasteiger partial charge in [0.05, 0.1) is 0 Å². The molecule has 1 aromatic carbocycles. The first-order valence-electron chi connectivity index (χ1n) is 6.97. The maximum absolute atomic E-state index is 12.5. The van der Waals surface area contributed by atoms with E-state index < -0.39 is 10.2 Å². The van der Waals surface area contributed by atoms with E-state index in [1.807, 2.05) is 18.2 Å². The second-order valence-electron chi connectivity index (χ2n) is 5.14. The number of nitrogens with zero attached hydrogens (tertiary/aromatic N) is 1. The summed E-state index contributed by atoms with van der Waals surface area (Å²) < 4.78 is 29.3. The highest BCUT2D eigenvalue weighted by Crippen LogP contribution is 2.37. The van der Waals surface area contributed by atoms with Gasteiger partial charge in [-0.3, -0.25) is 0 Å². The SMILES string of the molecule is O=S(=O)(NC1CCSc2ccc(Cl)cc21)N1CCNCC1. The van der Waals surface area contributed by atoms with Crippen LogP contribution >= 0.6 is 23.4 Å². The van der Waals surface area contributed by atoms with Gasteiger partial charge in [0.2, 0.25) is 0 Å². The number of hydrogen-bond donors (Lipinski definition) is 2. The first kappa shape index (κ1) is 15.6. The first-order chi connectivity index (χ1) is 10.1. The van der Waals surface area contributed by atoms with Gasteiger partial charge >= 0.3 is 0 Å². The van der Waals surface area contributed by atoms with Crippen LogP contribution in [-0.4, -0.2) is 44.7 Å². The zero-order valence-corrected chi connectivity index (χ0v) is 13.9. The Morgan fingerprint density at radius 3 is 2.86 bits per heavy atom. The normalized spacial score (nSPS) is 23.8. The van der Waals surface area contributed by atoms with Crippen LogP contribution in [0.25, 0.3) is 0 Å². The summed E-state index contributed by atoms with van der Waals surface area (Å²) in [7, 11) is -3.45. The van der Waals surface area contributed by atoms with E-state index >= 15 is 0 Å². The van der Waals surface area contributed by atoms with Gasteiger partial charge in [-0.1, -0.05) is 11.6 Å². The molecule has 116 valence electrons. The molecular formula is C13H18ClN3O2S2. The Hall–Kier alpha value is -0.310. The van der Waals surface area contributed by atoms with E-state index in [1.165, 1.54) is 4.31 Å². The fourth-order valence-electron chi connectivity index (χ4n) is 2.63.